The molecule has 1 heterocycles. The van der Waals surface area contributed by atoms with Crippen molar-refractivity contribution in [2.75, 3.05) is 12.1 Å². The maximum absolute atomic E-state index is 9.52. The van der Waals surface area contributed by atoms with Gasteiger partial charge in [-0.15, -0.1) is 0 Å². The normalized spacial score (nSPS) is 15.8. The van der Waals surface area contributed by atoms with Gasteiger partial charge in [0.15, 0.2) is 11.5 Å². The molecule has 1 aromatic rings. The number of hydrogen-bond donors (Lipinski definition) is 1. The minimum Gasteiger partial charge on any atom is -0.454 e. The molecule has 0 bridgehead atoms. The highest BCUT2D eigenvalue weighted by Crippen LogP contribution is 2.34. The standard InChI is InChI=1S/C9H9BrO3/c10-4-7(11)6-1-2-8-9(3-6)13-5-12-8/h1-3,7,11H,4-5H2. The van der Waals surface area contributed by atoms with Gasteiger partial charge in [-0.3, -0.25) is 0 Å². The molecular formula is C9H9BrO3. The summed E-state index contributed by atoms with van der Waals surface area (Å²) in [7, 11) is 0. The van der Waals surface area contributed by atoms with E-state index in [9.17, 15) is 5.11 Å². The monoisotopic (exact) mass is 244 g/mol. The summed E-state index contributed by atoms with van der Waals surface area (Å²) in [6.07, 6.45) is -0.491. The second kappa shape index (κ2) is 3.55. The lowest BCUT2D eigenvalue weighted by Gasteiger charge is -2.07. The van der Waals surface area contributed by atoms with Crippen molar-refractivity contribution >= 4 is 15.9 Å². The van der Waals surface area contributed by atoms with Crippen LogP contribution in [0.25, 0.3) is 0 Å². The van der Waals surface area contributed by atoms with Crippen LogP contribution in [-0.2, 0) is 0 Å². The molecule has 0 aromatic heterocycles. The molecule has 0 radical (unpaired) electrons. The molecule has 1 aliphatic heterocycles. The Morgan fingerprint density at radius 1 is 1.38 bits per heavy atom. The number of rotatable bonds is 2. The van der Waals surface area contributed by atoms with Crippen molar-refractivity contribution in [1.29, 1.82) is 0 Å². The van der Waals surface area contributed by atoms with E-state index < -0.39 is 6.10 Å². The van der Waals surface area contributed by atoms with E-state index in [4.69, 9.17) is 9.47 Å². The second-order valence-corrected chi connectivity index (χ2v) is 3.43. The largest absolute Gasteiger partial charge is 0.454 e. The Morgan fingerprint density at radius 3 is 2.92 bits per heavy atom. The average molecular weight is 245 g/mol. The first kappa shape index (κ1) is 8.84. The molecule has 1 aromatic carbocycles. The quantitative estimate of drug-likeness (QED) is 0.808. The molecule has 1 unspecified atom stereocenters. The van der Waals surface area contributed by atoms with Crippen molar-refractivity contribution in [3.05, 3.63) is 23.8 Å². The van der Waals surface area contributed by atoms with Crippen molar-refractivity contribution < 1.29 is 14.6 Å². The number of aliphatic hydroxyl groups excluding tert-OH is 1. The van der Waals surface area contributed by atoms with Gasteiger partial charge in [0.25, 0.3) is 0 Å². The predicted molar refractivity (Wildman–Crippen MR) is 51.3 cm³/mol. The molecule has 70 valence electrons. The van der Waals surface area contributed by atoms with Crippen LogP contribution in [0.2, 0.25) is 0 Å². The van der Waals surface area contributed by atoms with Crippen molar-refractivity contribution in [2.24, 2.45) is 0 Å². The molecule has 3 nitrogen and oxygen atoms in total. The maximum Gasteiger partial charge on any atom is 0.231 e. The van der Waals surface area contributed by atoms with Crippen LogP contribution in [0.15, 0.2) is 18.2 Å². The summed E-state index contributed by atoms with van der Waals surface area (Å²) in [5.74, 6) is 1.45. The summed E-state index contributed by atoms with van der Waals surface area (Å²) in [5.41, 5.74) is 0.834. The first-order chi connectivity index (χ1) is 6.31. The van der Waals surface area contributed by atoms with Gasteiger partial charge in [-0.2, -0.15) is 0 Å². The maximum atomic E-state index is 9.52. The molecule has 1 atom stereocenters. The summed E-state index contributed by atoms with van der Waals surface area (Å²) in [6.45, 7) is 0.267. The third-order valence-corrected chi connectivity index (χ3v) is 2.54. The Morgan fingerprint density at radius 2 is 2.15 bits per heavy atom. The lowest BCUT2D eigenvalue weighted by molar-refractivity contribution is 0.173. The van der Waals surface area contributed by atoms with Crippen molar-refractivity contribution in [1.82, 2.24) is 0 Å². The third-order valence-electron chi connectivity index (χ3n) is 1.93. The van der Waals surface area contributed by atoms with Crippen molar-refractivity contribution in [2.45, 2.75) is 6.10 Å². The Labute approximate surface area is 84.4 Å². The summed E-state index contributed by atoms with van der Waals surface area (Å²) in [4.78, 5) is 0. The van der Waals surface area contributed by atoms with Gasteiger partial charge < -0.3 is 14.6 Å². The van der Waals surface area contributed by atoms with E-state index in [2.05, 4.69) is 15.9 Å². The average Bonchev–Trinajstić information content (AvgIpc) is 2.63. The van der Waals surface area contributed by atoms with Crippen LogP contribution in [-0.4, -0.2) is 17.2 Å². The van der Waals surface area contributed by atoms with E-state index in [1.807, 2.05) is 12.1 Å². The molecule has 2 rings (SSSR count). The number of aliphatic hydroxyl groups is 1. The number of halogens is 1. The molecule has 0 saturated carbocycles. The Bertz CT molecular complexity index is 314. The highest BCUT2D eigenvalue weighted by molar-refractivity contribution is 9.09. The summed E-state index contributed by atoms with van der Waals surface area (Å²) >= 11 is 3.21. The molecule has 0 aliphatic carbocycles. The summed E-state index contributed by atoms with van der Waals surface area (Å²) in [5, 5.41) is 10.0. The van der Waals surface area contributed by atoms with E-state index in [-0.39, 0.29) is 6.79 Å². The van der Waals surface area contributed by atoms with Crippen LogP contribution in [0.1, 0.15) is 11.7 Å². The number of ether oxygens (including phenoxy) is 2. The SMILES string of the molecule is OC(CBr)c1ccc2c(c1)OCO2. The zero-order chi connectivity index (χ0) is 9.26. The second-order valence-electron chi connectivity index (χ2n) is 2.78. The van der Waals surface area contributed by atoms with Gasteiger partial charge in [0.05, 0.1) is 6.10 Å². The van der Waals surface area contributed by atoms with E-state index >= 15 is 0 Å². The minimum atomic E-state index is -0.491. The topological polar surface area (TPSA) is 38.7 Å². The van der Waals surface area contributed by atoms with Gasteiger partial charge in [-0.25, -0.2) is 0 Å². The fraction of sp³-hybridized carbons (Fsp3) is 0.333. The zero-order valence-corrected chi connectivity index (χ0v) is 8.45. The van der Waals surface area contributed by atoms with Crippen LogP contribution < -0.4 is 9.47 Å². The van der Waals surface area contributed by atoms with Gasteiger partial charge in [-0.05, 0) is 17.7 Å². The van der Waals surface area contributed by atoms with Gasteiger partial charge in [0, 0.05) is 5.33 Å². The Balaban J connectivity index is 2.30. The third kappa shape index (κ3) is 1.64. The highest BCUT2D eigenvalue weighted by atomic mass is 79.9. The molecule has 0 fully saturated rings. The zero-order valence-electron chi connectivity index (χ0n) is 6.87. The van der Waals surface area contributed by atoms with Crippen LogP contribution >= 0.6 is 15.9 Å². The molecule has 0 amide bonds. The number of fused-ring (bicyclic) bond motifs is 1. The molecule has 13 heavy (non-hydrogen) atoms. The molecule has 4 heteroatoms. The van der Waals surface area contributed by atoms with E-state index in [0.29, 0.717) is 11.1 Å². The molecule has 0 saturated heterocycles. The van der Waals surface area contributed by atoms with Crippen molar-refractivity contribution in [3.8, 4) is 11.5 Å². The van der Waals surface area contributed by atoms with Gasteiger partial charge in [0.1, 0.15) is 0 Å². The smallest absolute Gasteiger partial charge is 0.231 e. The molecule has 0 spiro atoms. The van der Waals surface area contributed by atoms with E-state index in [1.165, 1.54) is 0 Å². The molecule has 1 N–H and O–H groups in total. The Kier molecular flexibility index (Phi) is 2.42. The predicted octanol–water partition coefficient (Wildman–Crippen LogP) is 1.84. The molecule has 1 aliphatic rings. The van der Waals surface area contributed by atoms with Gasteiger partial charge in [0.2, 0.25) is 6.79 Å². The molecular weight excluding hydrogens is 236 g/mol. The summed E-state index contributed by atoms with van der Waals surface area (Å²) in [6, 6.07) is 5.44. The van der Waals surface area contributed by atoms with Crippen molar-refractivity contribution in [3.63, 3.8) is 0 Å². The number of hydrogen-bond acceptors (Lipinski definition) is 3. The number of alkyl halides is 1. The van der Waals surface area contributed by atoms with Crippen LogP contribution in [0.5, 0.6) is 11.5 Å². The highest BCUT2D eigenvalue weighted by Gasteiger charge is 2.15. The van der Waals surface area contributed by atoms with Gasteiger partial charge in [-0.1, -0.05) is 22.0 Å². The summed E-state index contributed by atoms with van der Waals surface area (Å²) < 4.78 is 10.3. The lowest BCUT2D eigenvalue weighted by Crippen LogP contribution is -1.97. The van der Waals surface area contributed by atoms with Crippen LogP contribution in [0.4, 0.5) is 0 Å². The number of benzene rings is 1. The first-order valence-electron chi connectivity index (χ1n) is 3.95. The first-order valence-corrected chi connectivity index (χ1v) is 5.07. The minimum absolute atomic E-state index is 0.267. The fourth-order valence-electron chi connectivity index (χ4n) is 1.21. The lowest BCUT2D eigenvalue weighted by atomic mass is 10.1. The van der Waals surface area contributed by atoms with Crippen LogP contribution in [0.3, 0.4) is 0 Å². The van der Waals surface area contributed by atoms with Crippen LogP contribution in [0, 0.1) is 0 Å². The Hall–Kier alpha value is -0.740. The van der Waals surface area contributed by atoms with Gasteiger partial charge >= 0.3 is 0 Å². The van der Waals surface area contributed by atoms with E-state index in [1.54, 1.807) is 6.07 Å². The van der Waals surface area contributed by atoms with E-state index in [0.717, 1.165) is 11.3 Å². The fourth-order valence-corrected chi connectivity index (χ4v) is 1.58.